The molecular formula is C46H24B2N2O4. The van der Waals surface area contributed by atoms with Gasteiger partial charge in [0.15, 0.2) is 0 Å². The molecule has 54 heavy (non-hydrogen) atoms. The van der Waals surface area contributed by atoms with Gasteiger partial charge < -0.3 is 28.7 Å². The van der Waals surface area contributed by atoms with E-state index in [0.29, 0.717) is 0 Å². The minimum absolute atomic E-state index is 0.0673. The van der Waals surface area contributed by atoms with Gasteiger partial charge in [-0.2, -0.15) is 0 Å². The van der Waals surface area contributed by atoms with E-state index in [1.54, 1.807) is 0 Å². The van der Waals surface area contributed by atoms with Crippen molar-refractivity contribution in [1.82, 2.24) is 0 Å². The van der Waals surface area contributed by atoms with Gasteiger partial charge in [-0.15, -0.1) is 0 Å². The van der Waals surface area contributed by atoms with Crippen molar-refractivity contribution in [3.8, 4) is 46.0 Å². The Morgan fingerprint density at radius 3 is 1.04 bits per heavy atom. The number of hydrogen-bond acceptors (Lipinski definition) is 6. The summed E-state index contributed by atoms with van der Waals surface area (Å²) in [4.78, 5) is 4.67. The van der Waals surface area contributed by atoms with Crippen LogP contribution >= 0.6 is 0 Å². The molecule has 0 bridgehead atoms. The number of benzene rings is 8. The number of fused-ring (bicyclic) bond motifs is 3. The Morgan fingerprint density at radius 1 is 0.315 bits per heavy atom. The molecule has 8 heteroatoms. The van der Waals surface area contributed by atoms with E-state index in [-0.39, 0.29) is 13.4 Å². The average molecular weight is 690 g/mol. The third-order valence-electron chi connectivity index (χ3n) is 12.1. The lowest BCUT2D eigenvalue weighted by Crippen LogP contribution is -2.62. The summed E-state index contributed by atoms with van der Waals surface area (Å²) in [5.41, 5.74) is 13.3. The molecule has 0 aliphatic carbocycles. The van der Waals surface area contributed by atoms with Gasteiger partial charge in [0.2, 0.25) is 0 Å². The van der Waals surface area contributed by atoms with Gasteiger partial charge in [0, 0.05) is 55.8 Å². The lowest BCUT2D eigenvalue weighted by molar-refractivity contribution is 0.460. The van der Waals surface area contributed by atoms with Gasteiger partial charge in [-0.3, -0.25) is 0 Å². The fourth-order valence-corrected chi connectivity index (χ4v) is 10.1. The van der Waals surface area contributed by atoms with E-state index in [4.69, 9.17) is 18.9 Å². The maximum atomic E-state index is 7.09. The van der Waals surface area contributed by atoms with E-state index in [9.17, 15) is 0 Å². The summed E-state index contributed by atoms with van der Waals surface area (Å²) in [6.45, 7) is -0.135. The van der Waals surface area contributed by atoms with E-state index in [0.717, 1.165) is 124 Å². The summed E-state index contributed by atoms with van der Waals surface area (Å²) in [7, 11) is 0. The highest BCUT2D eigenvalue weighted by Gasteiger charge is 2.51. The van der Waals surface area contributed by atoms with Gasteiger partial charge in [-0.25, -0.2) is 0 Å². The average Bonchev–Trinajstić information content (AvgIpc) is 3.22. The molecule has 0 N–H and O–H groups in total. The number of rotatable bonds is 2. The van der Waals surface area contributed by atoms with E-state index < -0.39 is 0 Å². The van der Waals surface area contributed by atoms with Crippen LogP contribution in [0.25, 0.3) is 10.8 Å². The van der Waals surface area contributed by atoms with Gasteiger partial charge in [0.05, 0.1) is 0 Å². The SMILES string of the molecule is c1ccc(N2c3cccc4c3B3c5c(cccc52)Oc2c3c(cc3c5c6c(cc23)Oc2cccc3c2B6c2c(cccc2N3c2ccccc2)O5)O4)cc1. The van der Waals surface area contributed by atoms with Crippen LogP contribution in [-0.4, -0.2) is 13.4 Å². The predicted octanol–water partition coefficient (Wildman–Crippen LogP) is 7.86. The van der Waals surface area contributed by atoms with Crippen molar-refractivity contribution < 1.29 is 18.9 Å². The van der Waals surface area contributed by atoms with E-state index in [2.05, 4.69) is 155 Å². The molecule has 0 aromatic heterocycles. The predicted molar refractivity (Wildman–Crippen MR) is 216 cm³/mol. The normalized spacial score (nSPS) is 14.7. The molecule has 0 amide bonds. The molecule has 0 atom stereocenters. The standard InChI is InChI=1S/C46H24B2N2O4/c1-3-11-25(12-4-1)49-29-15-7-19-33-39(29)47-41-31(49)17-9-21-35(41)53-45-27-24-38-44-46(28(27)23-37(51-33)43(45)47)54-36-22-10-18-32-42(36)48(44)40-30(16-8-20-34(40)52-38)50(32)26-13-5-2-6-14-26/h1-24H. The highest BCUT2D eigenvalue weighted by atomic mass is 16.5. The summed E-state index contributed by atoms with van der Waals surface area (Å²) >= 11 is 0. The van der Waals surface area contributed by atoms with Crippen molar-refractivity contribution in [3.63, 3.8) is 0 Å². The van der Waals surface area contributed by atoms with Gasteiger partial charge >= 0.3 is 0 Å². The maximum Gasteiger partial charge on any atom is 0.266 e. The fourth-order valence-electron chi connectivity index (χ4n) is 10.1. The number of nitrogens with zero attached hydrogens (tertiary/aromatic N) is 2. The Bertz CT molecular complexity index is 2800. The quantitative estimate of drug-likeness (QED) is 0.172. The zero-order valence-electron chi connectivity index (χ0n) is 28.5. The van der Waals surface area contributed by atoms with E-state index in [1.807, 2.05) is 0 Å². The van der Waals surface area contributed by atoms with Gasteiger partial charge in [-0.1, -0.05) is 60.7 Å². The van der Waals surface area contributed by atoms with Crippen LogP contribution in [0.1, 0.15) is 0 Å². The van der Waals surface area contributed by atoms with Crippen molar-refractivity contribution >= 4 is 91.1 Å². The van der Waals surface area contributed by atoms with Gasteiger partial charge in [0.1, 0.15) is 46.0 Å². The topological polar surface area (TPSA) is 43.4 Å². The van der Waals surface area contributed by atoms with Crippen LogP contribution in [0.5, 0.6) is 46.0 Å². The summed E-state index contributed by atoms with van der Waals surface area (Å²) in [6.07, 6.45) is 0. The Balaban J connectivity index is 1.04. The molecule has 0 saturated carbocycles. The molecule has 8 aromatic rings. The first-order valence-electron chi connectivity index (χ1n) is 18.4. The summed E-state index contributed by atoms with van der Waals surface area (Å²) in [6, 6.07) is 51.0. The molecule has 0 spiro atoms. The third-order valence-corrected chi connectivity index (χ3v) is 12.1. The van der Waals surface area contributed by atoms with Crippen LogP contribution in [0.15, 0.2) is 146 Å². The van der Waals surface area contributed by atoms with E-state index in [1.165, 1.54) is 0 Å². The van der Waals surface area contributed by atoms with Crippen LogP contribution in [0.2, 0.25) is 0 Å². The molecule has 0 radical (unpaired) electrons. The van der Waals surface area contributed by atoms with Crippen LogP contribution in [-0.2, 0) is 0 Å². The minimum atomic E-state index is -0.0673. The Kier molecular flexibility index (Phi) is 4.84. The molecule has 0 saturated heterocycles. The Labute approximate surface area is 310 Å². The summed E-state index contributed by atoms with van der Waals surface area (Å²) in [5.74, 6) is 6.56. The largest absolute Gasteiger partial charge is 0.458 e. The molecule has 6 aliphatic heterocycles. The second-order valence-electron chi connectivity index (χ2n) is 14.7. The second kappa shape index (κ2) is 9.48. The van der Waals surface area contributed by atoms with Crippen LogP contribution in [0.4, 0.5) is 34.1 Å². The first kappa shape index (κ1) is 27.6. The lowest BCUT2D eigenvalue weighted by atomic mass is 9.32. The molecular weight excluding hydrogens is 666 g/mol. The monoisotopic (exact) mass is 690 g/mol. The summed E-state index contributed by atoms with van der Waals surface area (Å²) < 4.78 is 28.1. The maximum absolute atomic E-state index is 7.09. The molecule has 6 heterocycles. The van der Waals surface area contributed by atoms with Crippen molar-refractivity contribution in [1.29, 1.82) is 0 Å². The molecule has 248 valence electrons. The Morgan fingerprint density at radius 2 is 0.667 bits per heavy atom. The zero-order valence-corrected chi connectivity index (χ0v) is 28.5. The second-order valence-corrected chi connectivity index (χ2v) is 14.7. The van der Waals surface area contributed by atoms with Crippen LogP contribution < -0.4 is 61.5 Å². The Hall–Kier alpha value is -7.05. The zero-order chi connectivity index (χ0) is 34.8. The van der Waals surface area contributed by atoms with Crippen LogP contribution in [0.3, 0.4) is 0 Å². The molecule has 14 rings (SSSR count). The van der Waals surface area contributed by atoms with Crippen molar-refractivity contribution in [2.75, 3.05) is 9.80 Å². The number of para-hydroxylation sites is 2. The molecule has 8 aromatic carbocycles. The smallest absolute Gasteiger partial charge is 0.266 e. The fraction of sp³-hybridized carbons (Fsp3) is 0. The van der Waals surface area contributed by atoms with Gasteiger partial charge in [-0.05, 0) is 107 Å². The third kappa shape index (κ3) is 3.19. The van der Waals surface area contributed by atoms with Crippen LogP contribution in [0, 0.1) is 0 Å². The van der Waals surface area contributed by atoms with Crippen molar-refractivity contribution in [2.45, 2.75) is 0 Å². The number of anilines is 6. The van der Waals surface area contributed by atoms with Crippen molar-refractivity contribution in [3.05, 3.63) is 146 Å². The van der Waals surface area contributed by atoms with Gasteiger partial charge in [0.25, 0.3) is 13.4 Å². The molecule has 0 fully saturated rings. The minimum Gasteiger partial charge on any atom is -0.458 e. The van der Waals surface area contributed by atoms with E-state index >= 15 is 0 Å². The highest BCUT2D eigenvalue weighted by Crippen LogP contribution is 2.52. The molecule has 0 unspecified atom stereocenters. The summed E-state index contributed by atoms with van der Waals surface area (Å²) in [5, 5.41) is 1.88. The number of ether oxygens (including phenoxy) is 4. The first-order chi connectivity index (χ1) is 26.8. The van der Waals surface area contributed by atoms with Crippen molar-refractivity contribution in [2.24, 2.45) is 0 Å². The number of hydrogen-bond donors (Lipinski definition) is 0. The molecule has 6 nitrogen and oxygen atoms in total. The first-order valence-corrected chi connectivity index (χ1v) is 18.4. The lowest BCUT2D eigenvalue weighted by Gasteiger charge is -2.44. The highest BCUT2D eigenvalue weighted by molar-refractivity contribution is 7.02. The molecule has 6 aliphatic rings.